The monoisotopic (exact) mass is 391 g/mol. The maximum absolute atomic E-state index is 13.1. The van der Waals surface area contributed by atoms with Crippen LogP contribution in [0.4, 0.5) is 18.9 Å². The van der Waals surface area contributed by atoms with Gasteiger partial charge in [-0.25, -0.2) is 4.68 Å². The Morgan fingerprint density at radius 1 is 1.07 bits per heavy atom. The predicted molar refractivity (Wildman–Crippen MR) is 96.1 cm³/mol. The number of aromatic nitrogens is 2. The summed E-state index contributed by atoms with van der Waals surface area (Å²) in [6.07, 6.45) is -1.50. The van der Waals surface area contributed by atoms with Crippen LogP contribution in [0.2, 0.25) is 0 Å². The molecule has 1 heterocycles. The van der Waals surface area contributed by atoms with E-state index in [0.29, 0.717) is 17.2 Å². The van der Waals surface area contributed by atoms with Crippen molar-refractivity contribution in [2.24, 2.45) is 0 Å². The van der Waals surface area contributed by atoms with Crippen LogP contribution in [0, 0.1) is 0 Å². The lowest BCUT2D eigenvalue weighted by Crippen LogP contribution is -2.16. The molecule has 0 spiro atoms. The molecule has 146 valence electrons. The van der Waals surface area contributed by atoms with Crippen LogP contribution in [-0.2, 0) is 6.18 Å². The second-order valence-electron chi connectivity index (χ2n) is 5.70. The van der Waals surface area contributed by atoms with E-state index in [1.165, 1.54) is 49.4 Å². The van der Waals surface area contributed by atoms with Gasteiger partial charge in [0, 0.05) is 18.0 Å². The fourth-order valence-corrected chi connectivity index (χ4v) is 2.60. The van der Waals surface area contributed by atoms with Crippen molar-refractivity contribution in [2.45, 2.75) is 6.18 Å². The van der Waals surface area contributed by atoms with Gasteiger partial charge in [0.15, 0.2) is 11.5 Å². The maximum Gasteiger partial charge on any atom is 0.416 e. The van der Waals surface area contributed by atoms with Gasteiger partial charge < -0.3 is 14.8 Å². The van der Waals surface area contributed by atoms with Crippen LogP contribution in [0.15, 0.2) is 54.9 Å². The number of methoxy groups -OCH3 is 2. The molecule has 1 N–H and O–H groups in total. The molecule has 1 aromatic heterocycles. The number of ether oxygens (including phenoxy) is 2. The summed E-state index contributed by atoms with van der Waals surface area (Å²) < 4.78 is 51.0. The van der Waals surface area contributed by atoms with Crippen molar-refractivity contribution in [3.8, 4) is 17.2 Å². The molecular formula is C19H16F3N3O3. The van der Waals surface area contributed by atoms with Gasteiger partial charge in [0.25, 0.3) is 5.91 Å². The lowest BCUT2D eigenvalue weighted by atomic mass is 10.1. The maximum atomic E-state index is 13.1. The van der Waals surface area contributed by atoms with Crippen molar-refractivity contribution in [3.05, 3.63) is 66.0 Å². The molecule has 9 heteroatoms. The van der Waals surface area contributed by atoms with Crippen molar-refractivity contribution < 1.29 is 27.4 Å². The standard InChI is InChI=1S/C19H16F3N3O3/c1-27-16-7-4-12(10-17(16)28-2)18(26)24-14-11-13(19(20,21)22)5-6-15(14)25-9-3-8-23-25/h3-11H,1-2H3,(H,24,26). The molecule has 28 heavy (non-hydrogen) atoms. The first-order valence-electron chi connectivity index (χ1n) is 8.08. The van der Waals surface area contributed by atoms with Crippen molar-refractivity contribution in [3.63, 3.8) is 0 Å². The molecule has 0 atom stereocenters. The van der Waals surface area contributed by atoms with Crippen molar-refractivity contribution in [1.82, 2.24) is 9.78 Å². The van der Waals surface area contributed by atoms with Gasteiger partial charge in [0.1, 0.15) is 0 Å². The molecule has 0 aliphatic heterocycles. The minimum absolute atomic E-state index is 0.0293. The molecule has 0 unspecified atom stereocenters. The van der Waals surface area contributed by atoms with Gasteiger partial charge in [-0.15, -0.1) is 0 Å². The molecule has 0 aliphatic rings. The first kappa shape index (κ1) is 19.3. The van der Waals surface area contributed by atoms with Gasteiger partial charge in [-0.1, -0.05) is 0 Å². The minimum atomic E-state index is -4.55. The molecule has 0 aliphatic carbocycles. The number of hydrogen-bond acceptors (Lipinski definition) is 4. The number of nitrogens with one attached hydrogen (secondary N) is 1. The molecule has 0 saturated heterocycles. The second kappa shape index (κ2) is 7.63. The number of hydrogen-bond donors (Lipinski definition) is 1. The van der Waals surface area contributed by atoms with E-state index >= 15 is 0 Å². The summed E-state index contributed by atoms with van der Waals surface area (Å²) in [6.45, 7) is 0. The zero-order valence-corrected chi connectivity index (χ0v) is 14.9. The number of amides is 1. The lowest BCUT2D eigenvalue weighted by Gasteiger charge is -2.15. The highest BCUT2D eigenvalue weighted by Gasteiger charge is 2.31. The Labute approximate surface area is 158 Å². The highest BCUT2D eigenvalue weighted by Crippen LogP contribution is 2.34. The van der Waals surface area contributed by atoms with Crippen LogP contribution in [0.5, 0.6) is 11.5 Å². The Morgan fingerprint density at radius 2 is 1.82 bits per heavy atom. The second-order valence-corrected chi connectivity index (χ2v) is 5.70. The molecule has 3 aromatic rings. The van der Waals surface area contributed by atoms with Crippen LogP contribution in [0.3, 0.4) is 0 Å². The fraction of sp³-hybridized carbons (Fsp3) is 0.158. The van der Waals surface area contributed by atoms with Crippen molar-refractivity contribution >= 4 is 11.6 Å². The average Bonchev–Trinajstić information content (AvgIpc) is 3.21. The SMILES string of the molecule is COc1ccc(C(=O)Nc2cc(C(F)(F)F)ccc2-n2cccn2)cc1OC. The summed E-state index contributed by atoms with van der Waals surface area (Å²) in [7, 11) is 2.87. The van der Waals surface area contributed by atoms with Crippen LogP contribution in [0.25, 0.3) is 5.69 Å². The van der Waals surface area contributed by atoms with Gasteiger partial charge in [-0.3, -0.25) is 4.79 Å². The van der Waals surface area contributed by atoms with Crippen LogP contribution >= 0.6 is 0 Å². The van der Waals surface area contributed by atoms with E-state index in [4.69, 9.17) is 9.47 Å². The topological polar surface area (TPSA) is 65.4 Å². The van der Waals surface area contributed by atoms with E-state index in [9.17, 15) is 18.0 Å². The van der Waals surface area contributed by atoms with Crippen LogP contribution < -0.4 is 14.8 Å². The van der Waals surface area contributed by atoms with Gasteiger partial charge in [-0.2, -0.15) is 18.3 Å². The average molecular weight is 391 g/mol. The summed E-state index contributed by atoms with van der Waals surface area (Å²) in [6, 6.07) is 9.14. The Balaban J connectivity index is 1.99. The number of alkyl halides is 3. The van der Waals surface area contributed by atoms with Crippen molar-refractivity contribution in [1.29, 1.82) is 0 Å². The molecule has 2 aromatic carbocycles. The number of carbonyl (C=O) groups is 1. The van der Waals surface area contributed by atoms with Crippen LogP contribution in [0.1, 0.15) is 15.9 Å². The third kappa shape index (κ3) is 3.93. The Morgan fingerprint density at radius 3 is 2.43 bits per heavy atom. The molecule has 0 saturated carbocycles. The van der Waals surface area contributed by atoms with Gasteiger partial charge in [-0.05, 0) is 42.5 Å². The van der Waals surface area contributed by atoms with Gasteiger partial charge in [0.05, 0.1) is 31.2 Å². The molecule has 0 fully saturated rings. The molecule has 6 nitrogen and oxygen atoms in total. The van der Waals surface area contributed by atoms with E-state index < -0.39 is 17.6 Å². The summed E-state index contributed by atoms with van der Waals surface area (Å²) in [4.78, 5) is 12.6. The summed E-state index contributed by atoms with van der Waals surface area (Å²) in [5.74, 6) is 0.149. The number of anilines is 1. The molecule has 3 rings (SSSR count). The summed E-state index contributed by atoms with van der Waals surface area (Å²) in [5.41, 5.74) is -0.419. The first-order chi connectivity index (χ1) is 13.3. The largest absolute Gasteiger partial charge is 0.493 e. The normalized spacial score (nSPS) is 11.2. The van der Waals surface area contributed by atoms with E-state index in [1.807, 2.05) is 0 Å². The third-order valence-electron chi connectivity index (χ3n) is 3.97. The first-order valence-corrected chi connectivity index (χ1v) is 8.08. The molecule has 0 radical (unpaired) electrons. The summed E-state index contributed by atoms with van der Waals surface area (Å²) >= 11 is 0. The smallest absolute Gasteiger partial charge is 0.416 e. The van der Waals surface area contributed by atoms with E-state index in [1.54, 1.807) is 12.3 Å². The van der Waals surface area contributed by atoms with Crippen LogP contribution in [-0.4, -0.2) is 29.9 Å². The lowest BCUT2D eigenvalue weighted by molar-refractivity contribution is -0.137. The van der Waals surface area contributed by atoms with E-state index in [0.717, 1.165) is 12.1 Å². The fourth-order valence-electron chi connectivity index (χ4n) is 2.60. The Kier molecular flexibility index (Phi) is 5.25. The molecule has 0 bridgehead atoms. The minimum Gasteiger partial charge on any atom is -0.493 e. The third-order valence-corrected chi connectivity index (χ3v) is 3.97. The number of halogens is 3. The molecular weight excluding hydrogens is 375 g/mol. The predicted octanol–water partition coefficient (Wildman–Crippen LogP) is 4.16. The number of rotatable bonds is 5. The highest BCUT2D eigenvalue weighted by atomic mass is 19.4. The zero-order chi connectivity index (χ0) is 20.3. The summed E-state index contributed by atoms with van der Waals surface area (Å²) in [5, 5.41) is 6.54. The Bertz CT molecular complexity index is 986. The van der Waals surface area contributed by atoms with Gasteiger partial charge >= 0.3 is 6.18 Å². The quantitative estimate of drug-likeness (QED) is 0.709. The van der Waals surface area contributed by atoms with Gasteiger partial charge in [0.2, 0.25) is 0 Å². The van der Waals surface area contributed by atoms with E-state index in [2.05, 4.69) is 10.4 Å². The highest BCUT2D eigenvalue weighted by molar-refractivity contribution is 6.05. The van der Waals surface area contributed by atoms with E-state index in [-0.39, 0.29) is 11.3 Å². The van der Waals surface area contributed by atoms with Crippen molar-refractivity contribution in [2.75, 3.05) is 19.5 Å². The number of nitrogens with zero attached hydrogens (tertiary/aromatic N) is 2. The number of benzene rings is 2. The Hall–Kier alpha value is -3.49. The molecule has 1 amide bonds. The zero-order valence-electron chi connectivity index (χ0n) is 14.9. The number of carbonyl (C=O) groups excluding carboxylic acids is 1.